The fraction of sp³-hybridized carbons (Fsp3) is 0.545. The largest absolute Gasteiger partial charge is 0.492 e. The van der Waals surface area contributed by atoms with Gasteiger partial charge in [0.25, 0.3) is 0 Å². The summed E-state index contributed by atoms with van der Waals surface area (Å²) in [5.41, 5.74) is 4.98. The van der Waals surface area contributed by atoms with Crippen LogP contribution in [0.4, 0.5) is 0 Å². The maximum absolute atomic E-state index is 13.2. The zero-order chi connectivity index (χ0) is 82.2. The molecule has 0 spiro atoms. The van der Waals surface area contributed by atoms with Crippen LogP contribution in [0.5, 0.6) is 28.7 Å². The van der Waals surface area contributed by atoms with E-state index in [0.29, 0.717) is 99.4 Å². The summed E-state index contributed by atoms with van der Waals surface area (Å²) in [5, 5.41) is 0. The highest BCUT2D eigenvalue weighted by Gasteiger charge is 2.35. The lowest BCUT2D eigenvalue weighted by Gasteiger charge is -2.27. The molecule has 0 radical (unpaired) electrons. The molecular weight excluding hydrogens is 1530 g/mol. The van der Waals surface area contributed by atoms with Gasteiger partial charge in [-0.3, -0.25) is 0 Å². The van der Waals surface area contributed by atoms with Crippen LogP contribution < -0.4 is 23.7 Å². The number of hydrogen-bond donors (Lipinski definition) is 0. The van der Waals surface area contributed by atoms with Gasteiger partial charge in [-0.05, 0) is 301 Å². The highest BCUT2D eigenvalue weighted by Crippen LogP contribution is 2.36. The third kappa shape index (κ3) is 29.5. The number of rotatable bonds is 5. The summed E-state index contributed by atoms with van der Waals surface area (Å²) in [6.07, 6.45) is 36.8. The van der Waals surface area contributed by atoms with Crippen molar-refractivity contribution in [1.29, 1.82) is 0 Å². The average molecular weight is 1660 g/mol. The van der Waals surface area contributed by atoms with Crippen molar-refractivity contribution in [2.45, 2.75) is 275 Å². The summed E-state index contributed by atoms with van der Waals surface area (Å²) in [5.74, 6) is 2.31. The Morgan fingerprint density at radius 3 is 0.788 bits per heavy atom. The second kappa shape index (κ2) is 47.5. The first-order valence-corrected chi connectivity index (χ1v) is 47.3. The van der Waals surface area contributed by atoms with Crippen LogP contribution in [-0.4, -0.2) is 160 Å². The normalized spacial score (nSPS) is 21.1. The predicted molar refractivity (Wildman–Crippen MR) is 459 cm³/mol. The minimum atomic E-state index is -3.57. The van der Waals surface area contributed by atoms with Crippen LogP contribution in [0.2, 0.25) is 0 Å². The first kappa shape index (κ1) is 96.9. The van der Waals surface area contributed by atoms with E-state index in [1.54, 1.807) is 61.4 Å². The molecule has 0 aromatic heterocycles. The van der Waals surface area contributed by atoms with Gasteiger partial charge < -0.3 is 23.7 Å². The molecule has 5 aromatic rings. The number of fused-ring (bicyclic) bond motifs is 5. The van der Waals surface area contributed by atoms with E-state index in [2.05, 4.69) is 36.5 Å². The molecule has 0 fully saturated rings. The fourth-order valence-corrected chi connectivity index (χ4v) is 21.8. The van der Waals surface area contributed by atoms with Gasteiger partial charge in [0.1, 0.15) is 59.8 Å². The third-order valence-electron chi connectivity index (χ3n) is 19.2. The van der Waals surface area contributed by atoms with Gasteiger partial charge in [0.2, 0.25) is 50.1 Å². The van der Waals surface area contributed by atoms with Crippen LogP contribution in [0.1, 0.15) is 214 Å². The van der Waals surface area contributed by atoms with E-state index in [0.717, 1.165) is 137 Å². The minimum Gasteiger partial charge on any atom is -0.492 e. The van der Waals surface area contributed by atoms with Crippen LogP contribution in [0.3, 0.4) is 0 Å². The quantitative estimate of drug-likeness (QED) is 0.149. The average Bonchev–Trinajstić information content (AvgIpc) is 1.38. The summed E-state index contributed by atoms with van der Waals surface area (Å²) in [6.45, 7) is 33.6. The second-order valence-corrected chi connectivity index (χ2v) is 39.6. The van der Waals surface area contributed by atoms with Crippen molar-refractivity contribution in [3.05, 3.63) is 180 Å². The Hall–Kier alpha value is -6.65. The fourth-order valence-electron chi connectivity index (χ4n) is 13.0. The summed E-state index contributed by atoms with van der Waals surface area (Å²) >= 11 is 0. The molecule has 0 saturated heterocycles. The number of nitrogens with zero attached hydrogens (tertiary/aromatic N) is 5. The highest BCUT2D eigenvalue weighted by molar-refractivity contribution is 7.90. The second-order valence-electron chi connectivity index (χ2n) is 30.3. The van der Waals surface area contributed by atoms with E-state index < -0.39 is 50.1 Å². The molecule has 630 valence electrons. The van der Waals surface area contributed by atoms with Gasteiger partial charge >= 0.3 is 0 Å². The Bertz CT molecular complexity index is 4530. The summed E-state index contributed by atoms with van der Waals surface area (Å²) in [6, 6.07) is 26.1. The van der Waals surface area contributed by atoms with Crippen molar-refractivity contribution >= 4 is 50.1 Å². The van der Waals surface area contributed by atoms with Gasteiger partial charge in [0.05, 0.1) is 26.4 Å². The molecule has 5 aliphatic rings. The van der Waals surface area contributed by atoms with Crippen molar-refractivity contribution in [1.82, 2.24) is 21.5 Å². The maximum Gasteiger partial charge on any atom is 0.247 e. The molecule has 0 unspecified atom stereocenters. The highest BCUT2D eigenvalue weighted by atomic mass is 32.2. The number of ether oxygens (including phenoxy) is 5. The first-order chi connectivity index (χ1) is 53.1. The maximum atomic E-state index is 13.2. The molecule has 0 atom stereocenters. The molecule has 20 nitrogen and oxygen atoms in total. The SMILES string of the molecule is C.Cc1ccc2c(c1)OC/C=C\CN(C(C)C)S2(=O)=O.Cc1ccc2c(c1)OCC/C=C\CCCCN(C(C)C)S2(=O)=O.Cc1ccc2c(c1)OCCC/C=C\CCCCN(C(C)C)S2(=O)=O.Cc1ccc2c(c1)OCCC/C=C\CN(C(C)C)S2(=O)=O.Cc1ccc2c(c1)OCCCC/C=C\CCCCN(C(C)C)S2(=O)=O. The van der Waals surface area contributed by atoms with Gasteiger partial charge in [-0.15, -0.1) is 0 Å². The molecule has 0 N–H and O–H groups in total. The first-order valence-electron chi connectivity index (χ1n) is 40.1. The van der Waals surface area contributed by atoms with Gasteiger partial charge in [0.15, 0.2) is 0 Å². The molecule has 5 heterocycles. The lowest BCUT2D eigenvalue weighted by Crippen LogP contribution is -2.38. The molecular formula is C88H133N5O15S5. The van der Waals surface area contributed by atoms with E-state index in [-0.39, 0.29) is 57.2 Å². The minimum absolute atomic E-state index is 0. The molecule has 5 aromatic carbocycles. The Morgan fingerprint density at radius 1 is 0.257 bits per heavy atom. The number of aryl methyl sites for hydroxylation is 5. The molecule has 0 saturated carbocycles. The van der Waals surface area contributed by atoms with Gasteiger partial charge in [-0.1, -0.05) is 98.5 Å². The number of sulfonamides is 5. The summed E-state index contributed by atoms with van der Waals surface area (Å²) in [4.78, 5) is 1.36. The number of hydrogen-bond acceptors (Lipinski definition) is 15. The molecule has 0 bridgehead atoms. The topological polar surface area (TPSA) is 233 Å². The Labute approximate surface area is 682 Å². The van der Waals surface area contributed by atoms with Crippen molar-refractivity contribution in [3.63, 3.8) is 0 Å². The predicted octanol–water partition coefficient (Wildman–Crippen LogP) is 19.0. The zero-order valence-corrected chi connectivity index (χ0v) is 73.4. The van der Waals surface area contributed by atoms with E-state index in [1.807, 2.05) is 171 Å². The third-order valence-corrected chi connectivity index (χ3v) is 29.7. The van der Waals surface area contributed by atoms with Gasteiger partial charge in [-0.25, -0.2) is 42.1 Å². The van der Waals surface area contributed by atoms with Crippen LogP contribution >= 0.6 is 0 Å². The van der Waals surface area contributed by atoms with E-state index in [1.165, 1.54) is 8.61 Å². The Balaban J connectivity index is 0.000000253. The van der Waals surface area contributed by atoms with E-state index in [4.69, 9.17) is 23.7 Å². The summed E-state index contributed by atoms with van der Waals surface area (Å²) < 4.78 is 167. The van der Waals surface area contributed by atoms with E-state index in [9.17, 15) is 42.1 Å². The Morgan fingerprint density at radius 2 is 0.487 bits per heavy atom. The lowest BCUT2D eigenvalue weighted by molar-refractivity contribution is 0.296. The smallest absolute Gasteiger partial charge is 0.247 e. The molecule has 5 aliphatic heterocycles. The molecule has 113 heavy (non-hydrogen) atoms. The Kier molecular flexibility index (Phi) is 40.8. The van der Waals surface area contributed by atoms with Crippen molar-refractivity contribution in [2.75, 3.05) is 65.8 Å². The number of allylic oxidation sites excluding steroid dienone is 6. The molecule has 0 aliphatic carbocycles. The monoisotopic (exact) mass is 1660 g/mol. The van der Waals surface area contributed by atoms with E-state index >= 15 is 0 Å². The van der Waals surface area contributed by atoms with Crippen LogP contribution in [0.15, 0.2) is 176 Å². The molecule has 0 amide bonds. The zero-order valence-electron chi connectivity index (χ0n) is 69.3. The van der Waals surface area contributed by atoms with Crippen molar-refractivity contribution < 1.29 is 65.8 Å². The number of benzene rings is 5. The van der Waals surface area contributed by atoms with Crippen LogP contribution in [0.25, 0.3) is 0 Å². The lowest BCUT2D eigenvalue weighted by atomic mass is 10.2. The van der Waals surface area contributed by atoms with Gasteiger partial charge in [0, 0.05) is 62.9 Å². The van der Waals surface area contributed by atoms with Crippen LogP contribution in [-0.2, 0) is 50.1 Å². The summed E-state index contributed by atoms with van der Waals surface area (Å²) in [7, 11) is -17.8. The van der Waals surface area contributed by atoms with Gasteiger partial charge in [-0.2, -0.15) is 21.5 Å². The van der Waals surface area contributed by atoms with Crippen molar-refractivity contribution in [2.24, 2.45) is 0 Å². The standard InChI is InChI=1S/C20H31NO3S.C19H29NO3S.C18H27NO3S.C16H23NO3S.C14H19NO3S.CH4/c1-17(2)21-14-10-8-6-4-5-7-9-11-15-24-19-16-18(3)12-13-20(19)25(21,22)23;1-16(2)20-13-9-7-5-4-6-8-10-14-23-18-15-17(3)11-12-19(18)24(20,21)22;1-15(2)19-12-8-6-4-5-7-9-13-22-17-14-16(3)10-11-18(17)23(19,20)21;1-13(2)17-10-6-4-5-7-11-20-15-12-14(3)8-9-16(15)21(17,18)19;1-11(2)15-8-4-5-9-18-13-10-12(3)6-7-14(13)19(15,16)17;/h4-5,12-13,16-17H,6-11,14-15H2,1-3H3;4,6,11-12,15-16H,5,7-10,13-14H2,1-3H3;5,7,10-11,14-15H,4,6,8-9,12-13H2,1-3H3;4,6,8-9,12-13H,5,7,10-11H2,1-3H3;4-7,10-11H,8-9H2,1-3H3;1H4/b5-4-;6-4-;7-5-;6-4-;5-4-;. The molecule has 10 rings (SSSR count). The van der Waals surface area contributed by atoms with Crippen molar-refractivity contribution in [3.8, 4) is 28.7 Å². The van der Waals surface area contributed by atoms with Crippen LogP contribution in [0, 0.1) is 34.6 Å². The molecule has 25 heteroatoms.